The van der Waals surface area contributed by atoms with Crippen LogP contribution in [0, 0.1) is 25.2 Å². The third kappa shape index (κ3) is 4.86. The smallest absolute Gasteiger partial charge is 0.310 e. The summed E-state index contributed by atoms with van der Waals surface area (Å²) in [6.45, 7) is 13.3. The average molecular weight is 583 g/mol. The van der Waals surface area contributed by atoms with Crippen molar-refractivity contribution in [2.24, 2.45) is 11.3 Å². The fraction of sp³-hybridized carbons (Fsp3) is 0.433. The van der Waals surface area contributed by atoms with E-state index in [9.17, 15) is 19.0 Å². The number of aryl methyl sites for hydroxylation is 3. The maximum absolute atomic E-state index is 12.6. The van der Waals surface area contributed by atoms with Crippen LogP contribution in [0.5, 0.6) is 0 Å². The van der Waals surface area contributed by atoms with Gasteiger partial charge in [0.15, 0.2) is 0 Å². The van der Waals surface area contributed by atoms with Crippen molar-refractivity contribution >= 4 is 39.1 Å². The van der Waals surface area contributed by atoms with E-state index in [0.29, 0.717) is 24.5 Å². The number of fused-ring (bicyclic) bond motifs is 2. The quantitative estimate of drug-likeness (QED) is 0.213. The molecule has 10 heteroatoms. The van der Waals surface area contributed by atoms with Crippen molar-refractivity contribution in [3.63, 3.8) is 0 Å². The molecule has 0 amide bonds. The van der Waals surface area contributed by atoms with Gasteiger partial charge in [0.1, 0.15) is 5.52 Å². The first-order chi connectivity index (χ1) is 18.9. The SMILES string of the molecule is CCn1nnc2c(C)c([C@H](c3cc(CN4C[C@H](C)Cc5ccccc5S4(O)O)c(C)s3)C(C)(C)C(=O)O)ccc21. The van der Waals surface area contributed by atoms with Gasteiger partial charge in [0.2, 0.25) is 0 Å². The molecule has 0 aliphatic carbocycles. The molecular weight excluding hydrogens is 544 g/mol. The van der Waals surface area contributed by atoms with Crippen LogP contribution in [0.2, 0.25) is 0 Å². The Morgan fingerprint density at radius 1 is 1.20 bits per heavy atom. The molecule has 2 atom stereocenters. The number of rotatable bonds is 7. The Labute approximate surface area is 241 Å². The van der Waals surface area contributed by atoms with Crippen molar-refractivity contribution in [3.05, 3.63) is 74.5 Å². The van der Waals surface area contributed by atoms with Crippen molar-refractivity contribution < 1.29 is 19.0 Å². The zero-order valence-electron chi connectivity index (χ0n) is 23.9. The van der Waals surface area contributed by atoms with Gasteiger partial charge in [-0.25, -0.2) is 4.68 Å². The lowest BCUT2D eigenvalue weighted by atomic mass is 9.72. The minimum atomic E-state index is -3.18. The maximum Gasteiger partial charge on any atom is 0.310 e. The van der Waals surface area contributed by atoms with Gasteiger partial charge in [-0.05, 0) is 87.4 Å². The summed E-state index contributed by atoms with van der Waals surface area (Å²) in [5.41, 5.74) is 4.41. The molecule has 0 saturated heterocycles. The third-order valence-electron chi connectivity index (χ3n) is 8.25. The van der Waals surface area contributed by atoms with Gasteiger partial charge in [0.05, 0.1) is 15.8 Å². The largest absolute Gasteiger partial charge is 0.481 e. The highest BCUT2D eigenvalue weighted by molar-refractivity contribution is 8.22. The summed E-state index contributed by atoms with van der Waals surface area (Å²) < 4.78 is 26.6. The molecule has 1 aliphatic rings. The molecule has 40 heavy (non-hydrogen) atoms. The van der Waals surface area contributed by atoms with Crippen LogP contribution in [0.3, 0.4) is 0 Å². The number of thiophene rings is 1. The monoisotopic (exact) mass is 582 g/mol. The molecule has 8 nitrogen and oxygen atoms in total. The summed E-state index contributed by atoms with van der Waals surface area (Å²) in [5.74, 6) is -1.06. The Morgan fingerprint density at radius 2 is 1.93 bits per heavy atom. The highest BCUT2D eigenvalue weighted by Crippen LogP contribution is 2.56. The molecule has 2 aromatic heterocycles. The third-order valence-corrected chi connectivity index (χ3v) is 11.4. The topological polar surface area (TPSA) is 112 Å². The van der Waals surface area contributed by atoms with Crippen molar-refractivity contribution in [2.75, 3.05) is 6.54 Å². The Morgan fingerprint density at radius 3 is 2.62 bits per heavy atom. The minimum Gasteiger partial charge on any atom is -0.481 e. The Balaban J connectivity index is 1.57. The Hall–Kier alpha value is -2.76. The van der Waals surface area contributed by atoms with E-state index in [1.54, 1.807) is 29.5 Å². The second-order valence-corrected chi connectivity index (χ2v) is 14.8. The maximum atomic E-state index is 12.6. The molecule has 4 aromatic rings. The van der Waals surface area contributed by atoms with Crippen LogP contribution < -0.4 is 0 Å². The number of hydrogen-bond donors (Lipinski definition) is 3. The normalized spacial score (nSPS) is 19.2. The van der Waals surface area contributed by atoms with Gasteiger partial charge in [-0.2, -0.15) is 4.31 Å². The van der Waals surface area contributed by atoms with Crippen LogP contribution in [-0.4, -0.2) is 46.0 Å². The molecule has 0 unspecified atom stereocenters. The molecule has 0 bridgehead atoms. The number of carboxylic acid groups (broad SMARTS) is 1. The van der Waals surface area contributed by atoms with Gasteiger partial charge in [-0.3, -0.25) is 13.9 Å². The van der Waals surface area contributed by atoms with E-state index in [-0.39, 0.29) is 5.92 Å². The van der Waals surface area contributed by atoms with Crippen LogP contribution in [0.15, 0.2) is 47.4 Å². The van der Waals surface area contributed by atoms with E-state index in [4.69, 9.17) is 0 Å². The highest BCUT2D eigenvalue weighted by Gasteiger charge is 2.41. The van der Waals surface area contributed by atoms with E-state index >= 15 is 0 Å². The van der Waals surface area contributed by atoms with E-state index in [1.165, 1.54) is 0 Å². The number of aliphatic carboxylic acids is 1. The molecule has 3 N–H and O–H groups in total. The van der Waals surface area contributed by atoms with Crippen molar-refractivity contribution in [1.29, 1.82) is 0 Å². The first-order valence-corrected chi connectivity index (χ1v) is 15.9. The second-order valence-electron chi connectivity index (χ2n) is 11.5. The Kier molecular flexibility index (Phi) is 7.60. The number of aromatic nitrogens is 3. The lowest BCUT2D eigenvalue weighted by Crippen LogP contribution is -2.32. The summed E-state index contributed by atoms with van der Waals surface area (Å²) in [5, 5.41) is 19.0. The van der Waals surface area contributed by atoms with E-state index in [1.807, 2.05) is 61.9 Å². The zero-order chi connectivity index (χ0) is 29.0. The number of hydrogen-bond acceptors (Lipinski definition) is 7. The number of carboxylic acids is 1. The van der Waals surface area contributed by atoms with Gasteiger partial charge in [0.25, 0.3) is 0 Å². The number of benzene rings is 2. The summed E-state index contributed by atoms with van der Waals surface area (Å²) in [6, 6.07) is 13.7. The number of carbonyl (C=O) groups is 1. The lowest BCUT2D eigenvalue weighted by Gasteiger charge is -2.42. The molecule has 214 valence electrons. The van der Waals surface area contributed by atoms with Crippen LogP contribution in [0.1, 0.15) is 65.6 Å². The predicted octanol–water partition coefficient (Wildman–Crippen LogP) is 7.09. The first kappa shape index (κ1) is 28.8. The Bertz CT molecular complexity index is 1580. The molecule has 0 radical (unpaired) electrons. The van der Waals surface area contributed by atoms with Gasteiger partial charge in [0, 0.05) is 35.3 Å². The average Bonchev–Trinajstić information content (AvgIpc) is 3.46. The van der Waals surface area contributed by atoms with Crippen LogP contribution in [0.4, 0.5) is 0 Å². The van der Waals surface area contributed by atoms with Crippen LogP contribution in [-0.2, 0) is 24.3 Å². The van der Waals surface area contributed by atoms with Crippen molar-refractivity contribution in [1.82, 2.24) is 19.3 Å². The van der Waals surface area contributed by atoms with Gasteiger partial charge >= 0.3 is 5.97 Å². The molecule has 3 heterocycles. The summed E-state index contributed by atoms with van der Waals surface area (Å²) in [7, 11) is -3.18. The van der Waals surface area contributed by atoms with E-state index in [2.05, 4.69) is 23.3 Å². The zero-order valence-corrected chi connectivity index (χ0v) is 25.5. The summed E-state index contributed by atoms with van der Waals surface area (Å²) in [6.07, 6.45) is 0.787. The minimum absolute atomic E-state index is 0.248. The second kappa shape index (κ2) is 10.6. The van der Waals surface area contributed by atoms with Crippen LogP contribution >= 0.6 is 22.1 Å². The van der Waals surface area contributed by atoms with Crippen LogP contribution in [0.25, 0.3) is 11.0 Å². The van der Waals surface area contributed by atoms with Gasteiger partial charge in [-0.15, -0.1) is 27.2 Å². The van der Waals surface area contributed by atoms with Crippen molar-refractivity contribution in [2.45, 2.75) is 71.9 Å². The predicted molar refractivity (Wildman–Crippen MR) is 161 cm³/mol. The molecule has 5 rings (SSSR count). The van der Waals surface area contributed by atoms with Gasteiger partial charge in [-0.1, -0.05) is 36.4 Å². The summed E-state index contributed by atoms with van der Waals surface area (Å²) in [4.78, 5) is 15.2. The van der Waals surface area contributed by atoms with E-state index < -0.39 is 28.1 Å². The molecule has 0 spiro atoms. The standard InChI is InChI=1S/C30H38N4O4S2/c1-7-34-24-13-12-23(19(3)28(24)31-32-34)27(30(5,6)29(35)36)25-15-22(20(4)39-25)17-33-16-18(2)14-21-10-8-9-11-26(21)40(33,37)38/h8-13,15,18,27,37-38H,7,14,16-17H2,1-6H3,(H,35,36)/t18-,27-/m1/s1. The number of nitrogens with zero attached hydrogens (tertiary/aromatic N) is 4. The van der Waals surface area contributed by atoms with Crippen molar-refractivity contribution in [3.8, 4) is 0 Å². The molecule has 2 aromatic carbocycles. The first-order valence-electron chi connectivity index (χ1n) is 13.6. The fourth-order valence-electron chi connectivity index (χ4n) is 5.91. The fourth-order valence-corrected chi connectivity index (χ4v) is 9.08. The molecular formula is C30H38N4O4S2. The molecule has 0 fully saturated rings. The highest BCUT2D eigenvalue weighted by atomic mass is 32.3. The van der Waals surface area contributed by atoms with Gasteiger partial charge < -0.3 is 5.11 Å². The summed E-state index contributed by atoms with van der Waals surface area (Å²) >= 11 is 1.58. The molecule has 0 saturated carbocycles. The lowest BCUT2D eigenvalue weighted by molar-refractivity contribution is -0.147. The molecule has 1 aliphatic heterocycles. The van der Waals surface area contributed by atoms with E-state index in [0.717, 1.165) is 49.5 Å².